The number of nitrogens with one attached hydrogen (secondary N) is 2. The maximum atomic E-state index is 13.1. The highest BCUT2D eigenvalue weighted by atomic mass is 79.9. The van der Waals surface area contributed by atoms with E-state index < -0.39 is 0 Å². The first-order chi connectivity index (χ1) is 19.5. The van der Waals surface area contributed by atoms with Crippen LogP contribution in [0.5, 0.6) is 0 Å². The van der Waals surface area contributed by atoms with Crippen molar-refractivity contribution < 1.29 is 4.79 Å². The van der Waals surface area contributed by atoms with Gasteiger partial charge >= 0.3 is 0 Å². The molecule has 1 amide bonds. The van der Waals surface area contributed by atoms with Crippen molar-refractivity contribution in [3.8, 4) is 33.9 Å². The largest absolute Gasteiger partial charge is 0.325 e. The topological polar surface area (TPSA) is 84.7 Å². The molecule has 4 aromatic carbocycles. The lowest BCUT2D eigenvalue weighted by molar-refractivity contribution is -0.115. The van der Waals surface area contributed by atoms with Crippen molar-refractivity contribution in [2.24, 2.45) is 0 Å². The molecule has 2 heterocycles. The molecule has 7 nitrogen and oxygen atoms in total. The zero-order valence-corrected chi connectivity index (χ0v) is 22.9. The van der Waals surface area contributed by atoms with Gasteiger partial charge < -0.3 is 5.32 Å². The van der Waals surface area contributed by atoms with Crippen molar-refractivity contribution in [1.82, 2.24) is 19.6 Å². The maximum absolute atomic E-state index is 13.1. The van der Waals surface area contributed by atoms with Gasteiger partial charge in [0.25, 0.3) is 5.56 Å². The van der Waals surface area contributed by atoms with Gasteiger partial charge in [-0.3, -0.25) is 19.4 Å². The molecule has 2 aromatic heterocycles. The highest BCUT2D eigenvalue weighted by molar-refractivity contribution is 9.10. The minimum atomic E-state index is -0.298. The summed E-state index contributed by atoms with van der Waals surface area (Å²) in [4.78, 5) is 25.7. The van der Waals surface area contributed by atoms with E-state index in [0.717, 1.165) is 32.7 Å². The van der Waals surface area contributed by atoms with Gasteiger partial charge in [0.15, 0.2) is 0 Å². The van der Waals surface area contributed by atoms with E-state index in [2.05, 4.69) is 26.3 Å². The Labute approximate surface area is 238 Å². The third-order valence-corrected chi connectivity index (χ3v) is 7.04. The zero-order valence-electron chi connectivity index (χ0n) is 21.3. The molecule has 196 valence electrons. The van der Waals surface area contributed by atoms with Crippen LogP contribution in [0, 0.1) is 0 Å². The second kappa shape index (κ2) is 11.0. The van der Waals surface area contributed by atoms with Gasteiger partial charge in [-0.25, -0.2) is 4.68 Å². The molecule has 6 aromatic rings. The van der Waals surface area contributed by atoms with E-state index in [1.165, 1.54) is 0 Å². The summed E-state index contributed by atoms with van der Waals surface area (Å²) in [6, 6.07) is 37.0. The molecule has 0 spiro atoms. The van der Waals surface area contributed by atoms with Crippen LogP contribution in [0.2, 0.25) is 0 Å². The number of nitrogens with zero attached hydrogens (tertiary/aromatic N) is 3. The minimum absolute atomic E-state index is 0.0634. The van der Waals surface area contributed by atoms with Gasteiger partial charge in [-0.15, -0.1) is 0 Å². The Morgan fingerprint density at radius 3 is 2.20 bits per heavy atom. The minimum Gasteiger partial charge on any atom is -0.325 e. The smallest absolute Gasteiger partial charge is 0.268 e. The van der Waals surface area contributed by atoms with Crippen LogP contribution in [0.3, 0.4) is 0 Å². The van der Waals surface area contributed by atoms with Crippen molar-refractivity contribution in [1.29, 1.82) is 0 Å². The van der Waals surface area contributed by atoms with Crippen LogP contribution >= 0.6 is 15.9 Å². The number of para-hydroxylation sites is 3. The summed E-state index contributed by atoms with van der Waals surface area (Å²) in [5, 5.41) is 10.7. The summed E-state index contributed by atoms with van der Waals surface area (Å²) in [7, 11) is 0. The Morgan fingerprint density at radius 1 is 0.825 bits per heavy atom. The highest BCUT2D eigenvalue weighted by Crippen LogP contribution is 2.33. The van der Waals surface area contributed by atoms with E-state index in [0.29, 0.717) is 16.9 Å². The number of benzene rings is 4. The number of carbonyl (C=O) groups excluding carboxylic acids is 1. The van der Waals surface area contributed by atoms with E-state index >= 15 is 0 Å². The summed E-state index contributed by atoms with van der Waals surface area (Å²) >= 11 is 3.51. The normalized spacial score (nSPS) is 10.9. The summed E-state index contributed by atoms with van der Waals surface area (Å²) in [5.74, 6) is -0.292. The van der Waals surface area contributed by atoms with Crippen LogP contribution in [-0.4, -0.2) is 25.5 Å². The number of amides is 1. The molecule has 0 bridgehead atoms. The first-order valence-corrected chi connectivity index (χ1v) is 13.5. The van der Waals surface area contributed by atoms with Gasteiger partial charge in [-0.05, 0) is 48.5 Å². The van der Waals surface area contributed by atoms with Crippen LogP contribution in [0.25, 0.3) is 33.9 Å². The number of halogens is 1. The molecular weight excluding hydrogens is 566 g/mol. The van der Waals surface area contributed by atoms with Gasteiger partial charge in [-0.2, -0.15) is 5.10 Å². The maximum Gasteiger partial charge on any atom is 0.268 e. The quantitative estimate of drug-likeness (QED) is 0.219. The third-order valence-electron chi connectivity index (χ3n) is 6.51. The molecule has 0 radical (unpaired) electrons. The molecule has 8 heteroatoms. The Balaban J connectivity index is 1.31. The standard InChI is InChI=1S/C32H24BrN5O2/c33-24-17-15-22(16-18-24)30-20-29(35-38(30)26-11-5-2-6-12-26)27-13-7-8-14-28(27)34-31(39)19-23-21-37(36-32(23)40)25-9-3-1-4-10-25/h1-18,20-21H,19H2,(H,34,39)(H,36,40). The van der Waals surface area contributed by atoms with Crippen LogP contribution in [-0.2, 0) is 11.2 Å². The molecular formula is C32H24BrN5O2. The van der Waals surface area contributed by atoms with Crippen molar-refractivity contribution in [2.75, 3.05) is 5.32 Å². The Hall–Kier alpha value is -4.95. The van der Waals surface area contributed by atoms with Gasteiger partial charge in [-0.1, -0.05) is 82.7 Å². The molecule has 0 saturated carbocycles. The molecule has 0 aliphatic rings. The third kappa shape index (κ3) is 5.30. The first kappa shape index (κ1) is 25.3. The predicted octanol–water partition coefficient (Wildman–Crippen LogP) is 6.63. The van der Waals surface area contributed by atoms with Crippen molar-refractivity contribution in [2.45, 2.75) is 6.42 Å². The molecule has 0 unspecified atom stereocenters. The lowest BCUT2D eigenvalue weighted by Crippen LogP contribution is -2.18. The highest BCUT2D eigenvalue weighted by Gasteiger charge is 2.17. The van der Waals surface area contributed by atoms with Gasteiger partial charge in [0, 0.05) is 27.4 Å². The number of aromatic nitrogens is 4. The van der Waals surface area contributed by atoms with E-state index in [9.17, 15) is 9.59 Å². The van der Waals surface area contributed by atoms with Crippen LogP contribution in [0.15, 0.2) is 131 Å². The Bertz CT molecular complexity index is 1840. The van der Waals surface area contributed by atoms with Crippen LogP contribution < -0.4 is 10.9 Å². The van der Waals surface area contributed by atoms with Gasteiger partial charge in [0.05, 0.1) is 34.9 Å². The van der Waals surface area contributed by atoms with E-state index in [1.807, 2.05) is 120 Å². The van der Waals surface area contributed by atoms with E-state index in [4.69, 9.17) is 5.10 Å². The SMILES string of the molecule is O=C(Cc1cn(-c2ccccc2)[nH]c1=O)Nc1ccccc1-c1cc(-c2ccc(Br)cc2)n(-c2ccccc2)n1. The molecule has 40 heavy (non-hydrogen) atoms. The molecule has 0 saturated heterocycles. The van der Waals surface area contributed by atoms with E-state index in [1.54, 1.807) is 10.9 Å². The Morgan fingerprint density at radius 2 is 1.48 bits per heavy atom. The number of anilines is 1. The molecule has 0 fully saturated rings. The molecule has 6 rings (SSSR count). The summed E-state index contributed by atoms with van der Waals surface area (Å²) < 4.78 is 4.52. The number of aromatic amines is 1. The fourth-order valence-electron chi connectivity index (χ4n) is 4.57. The number of hydrogen-bond acceptors (Lipinski definition) is 3. The molecule has 0 atom stereocenters. The number of H-pyrrole nitrogens is 1. The summed E-state index contributed by atoms with van der Waals surface area (Å²) in [5.41, 5.74) is 5.86. The average molecular weight is 590 g/mol. The predicted molar refractivity (Wildman–Crippen MR) is 161 cm³/mol. The molecule has 0 aliphatic heterocycles. The average Bonchev–Trinajstić information content (AvgIpc) is 3.59. The fraction of sp³-hybridized carbons (Fsp3) is 0.0312. The monoisotopic (exact) mass is 589 g/mol. The molecule has 0 aliphatic carbocycles. The lowest BCUT2D eigenvalue weighted by Gasteiger charge is -2.09. The number of rotatable bonds is 7. The molecule has 2 N–H and O–H groups in total. The summed E-state index contributed by atoms with van der Waals surface area (Å²) in [6.45, 7) is 0. The van der Waals surface area contributed by atoms with E-state index in [-0.39, 0.29) is 17.9 Å². The van der Waals surface area contributed by atoms with Crippen molar-refractivity contribution >= 4 is 27.5 Å². The summed E-state index contributed by atoms with van der Waals surface area (Å²) in [6.07, 6.45) is 1.60. The van der Waals surface area contributed by atoms with Crippen LogP contribution in [0.1, 0.15) is 5.56 Å². The zero-order chi connectivity index (χ0) is 27.5. The van der Waals surface area contributed by atoms with Crippen LogP contribution in [0.4, 0.5) is 5.69 Å². The van der Waals surface area contributed by atoms with Gasteiger partial charge in [0.2, 0.25) is 5.91 Å². The second-order valence-electron chi connectivity index (χ2n) is 9.24. The number of carbonyl (C=O) groups is 1. The Kier molecular flexibility index (Phi) is 6.99. The first-order valence-electron chi connectivity index (χ1n) is 12.7. The second-order valence-corrected chi connectivity index (χ2v) is 10.2. The van der Waals surface area contributed by atoms with Crippen molar-refractivity contribution in [3.05, 3.63) is 142 Å². The fourth-order valence-corrected chi connectivity index (χ4v) is 4.83. The van der Waals surface area contributed by atoms with Gasteiger partial charge in [0.1, 0.15) is 0 Å². The number of hydrogen-bond donors (Lipinski definition) is 2. The lowest BCUT2D eigenvalue weighted by atomic mass is 10.1. The van der Waals surface area contributed by atoms with Crippen molar-refractivity contribution in [3.63, 3.8) is 0 Å².